The van der Waals surface area contributed by atoms with Gasteiger partial charge in [-0.25, -0.2) is 0 Å². The van der Waals surface area contributed by atoms with E-state index in [1.807, 2.05) is 0 Å². The van der Waals surface area contributed by atoms with Gasteiger partial charge in [-0.1, -0.05) is 29.6 Å². The van der Waals surface area contributed by atoms with Gasteiger partial charge in [0, 0.05) is 0 Å². The molecular weight excluding hydrogens is 448 g/mol. The summed E-state index contributed by atoms with van der Waals surface area (Å²) in [5, 5.41) is 0. The van der Waals surface area contributed by atoms with Gasteiger partial charge in [0.15, 0.2) is 0 Å². The maximum absolute atomic E-state index is 6.41. The van der Waals surface area contributed by atoms with E-state index in [0.29, 0.717) is 0 Å². The summed E-state index contributed by atoms with van der Waals surface area (Å²) >= 11 is 0. The average Bonchev–Trinajstić information content (AvgIpc) is 2.66. The molecule has 0 saturated heterocycles. The molecule has 0 fully saturated rings. The summed E-state index contributed by atoms with van der Waals surface area (Å²) in [6.45, 7) is 17.3. The van der Waals surface area contributed by atoms with Crippen molar-refractivity contribution in [3.63, 3.8) is 0 Å². The monoisotopic (exact) mass is 485 g/mol. The third-order valence-corrected chi connectivity index (χ3v) is 10.9. The van der Waals surface area contributed by atoms with E-state index in [-0.39, 0.29) is 5.67 Å². The summed E-state index contributed by atoms with van der Waals surface area (Å²) in [6.07, 6.45) is 28.5. The minimum Gasteiger partial charge on any atom is -0.377 e. The predicted molar refractivity (Wildman–Crippen MR) is 136 cm³/mol. The Bertz CT molecular complexity index is 798. The molecule has 179 valence electrons. The first-order valence-corrected chi connectivity index (χ1v) is 13.9. The van der Waals surface area contributed by atoms with E-state index in [4.69, 9.17) is 54.2 Å². The van der Waals surface area contributed by atoms with Crippen LogP contribution in [-0.2, 0) is 22.1 Å². The van der Waals surface area contributed by atoms with Crippen molar-refractivity contribution < 1.29 is 22.1 Å². The lowest BCUT2D eigenvalue weighted by Gasteiger charge is -2.43. The molecule has 0 rings (SSSR count). The Morgan fingerprint density at radius 1 is 0.515 bits per heavy atom. The van der Waals surface area contributed by atoms with Crippen LogP contribution in [0.25, 0.3) is 0 Å². The summed E-state index contributed by atoms with van der Waals surface area (Å²) in [6, 6.07) is 0. The first-order chi connectivity index (χ1) is 14.7. The van der Waals surface area contributed by atoms with Crippen molar-refractivity contribution in [3.8, 4) is 61.7 Å². The molecule has 0 spiro atoms. The second kappa shape index (κ2) is 11.0. The number of hydrogen-bond acceptors (Lipinski definition) is 5. The molecule has 0 aliphatic carbocycles. The second-order valence-electron chi connectivity index (χ2n) is 10.0. The lowest BCUT2D eigenvalue weighted by atomic mass is 10.2. The highest BCUT2D eigenvalue weighted by Gasteiger charge is 2.56. The topological polar surface area (TPSA) is 46.2 Å². The number of rotatable bonds is 12. The molecule has 0 amide bonds. The van der Waals surface area contributed by atoms with Crippen LogP contribution in [0.4, 0.5) is 0 Å². The van der Waals surface area contributed by atoms with E-state index in [9.17, 15) is 0 Å². The Morgan fingerprint density at radius 2 is 0.758 bits per heavy atom. The van der Waals surface area contributed by atoms with Gasteiger partial charge < -0.3 is 22.1 Å². The summed E-state index contributed by atoms with van der Waals surface area (Å²) in [5.41, 5.74) is -5.06. The van der Waals surface area contributed by atoms with Gasteiger partial charge in [0.25, 0.3) is 0 Å². The lowest BCUT2D eigenvalue weighted by molar-refractivity contribution is -0.0468. The quantitative estimate of drug-likeness (QED) is 0.308. The molecule has 5 nitrogen and oxygen atoms in total. The number of hydrogen-bond donors (Lipinski definition) is 0. The van der Waals surface area contributed by atoms with Crippen LogP contribution in [0.3, 0.4) is 0 Å². The van der Waals surface area contributed by atoms with E-state index in [1.54, 1.807) is 69.2 Å². The van der Waals surface area contributed by atoms with Gasteiger partial charge in [-0.2, -0.15) is 0 Å². The van der Waals surface area contributed by atoms with Gasteiger partial charge in [0.2, 0.25) is 0 Å². The fourth-order valence-electron chi connectivity index (χ4n) is 2.32. The molecule has 0 heterocycles. The molecule has 0 aliphatic heterocycles. The van der Waals surface area contributed by atoms with E-state index in [1.165, 1.54) is 0 Å². The lowest BCUT2D eigenvalue weighted by Crippen LogP contribution is -2.61. The van der Waals surface area contributed by atoms with Crippen LogP contribution in [0.2, 0.25) is 5.67 Å². The van der Waals surface area contributed by atoms with Gasteiger partial charge in [-0.05, 0) is 69.2 Å². The highest BCUT2D eigenvalue weighted by molar-refractivity contribution is 6.74. The molecule has 7 heteroatoms. The van der Waals surface area contributed by atoms with Crippen molar-refractivity contribution in [3.05, 3.63) is 0 Å². The predicted octanol–water partition coefficient (Wildman–Crippen LogP) is 4.09. The normalized spacial score (nSPS) is 13.4. The maximum atomic E-state index is 6.41. The summed E-state index contributed by atoms with van der Waals surface area (Å²) < 4.78 is 31.6. The summed E-state index contributed by atoms with van der Waals surface area (Å²) in [7, 11) is -6.10. The molecule has 0 aromatic rings. The van der Waals surface area contributed by atoms with Crippen LogP contribution >= 0.6 is 0 Å². The van der Waals surface area contributed by atoms with Gasteiger partial charge in [0.1, 0.15) is 28.0 Å². The zero-order valence-corrected chi connectivity index (χ0v) is 23.6. The average molecular weight is 486 g/mol. The minimum absolute atomic E-state index is 0.0647. The molecule has 0 aromatic carbocycles. The maximum Gasteiger partial charge on any atom is 0.506 e. The molecule has 0 aromatic heterocycles. The van der Waals surface area contributed by atoms with Crippen molar-refractivity contribution in [1.82, 2.24) is 0 Å². The Kier molecular flexibility index (Phi) is 10.3. The smallest absolute Gasteiger partial charge is 0.377 e. The van der Waals surface area contributed by atoms with Crippen LogP contribution in [0.5, 0.6) is 0 Å². The van der Waals surface area contributed by atoms with Crippen molar-refractivity contribution in [2.24, 2.45) is 0 Å². The molecule has 0 saturated carbocycles. The first-order valence-electron chi connectivity index (χ1n) is 10.4. The van der Waals surface area contributed by atoms with Crippen LogP contribution < -0.4 is 0 Å². The first kappa shape index (κ1) is 31.0. The molecule has 33 heavy (non-hydrogen) atoms. The van der Waals surface area contributed by atoms with Gasteiger partial charge in [0.05, 0.1) is 5.67 Å². The molecule has 0 bridgehead atoms. The van der Waals surface area contributed by atoms with Crippen molar-refractivity contribution >= 4 is 18.1 Å². The summed E-state index contributed by atoms with van der Waals surface area (Å²) in [4.78, 5) is 0. The van der Waals surface area contributed by atoms with Crippen molar-refractivity contribution in [1.29, 1.82) is 0 Å². The Morgan fingerprint density at radius 3 is 0.970 bits per heavy atom. The van der Waals surface area contributed by atoms with Gasteiger partial charge >= 0.3 is 18.1 Å². The highest BCUT2D eigenvalue weighted by Crippen LogP contribution is 2.34. The Labute approximate surface area is 204 Å². The SMILES string of the molecule is C#CC(C)(C)O[Si](C[Si](OC(C)(C)C#C)(OC(C)(C)C#C)OC(C)(C)C#C)OC(C)(C)C#C. The van der Waals surface area contributed by atoms with Crippen LogP contribution in [0.15, 0.2) is 0 Å². The Hall–Kier alpha value is -1.97. The zero-order valence-electron chi connectivity index (χ0n) is 21.6. The minimum atomic E-state index is -3.82. The van der Waals surface area contributed by atoms with Crippen LogP contribution in [0, 0.1) is 61.7 Å². The van der Waals surface area contributed by atoms with Crippen LogP contribution in [0.1, 0.15) is 69.2 Å². The molecule has 0 aliphatic rings. The highest BCUT2D eigenvalue weighted by atomic mass is 28.4. The van der Waals surface area contributed by atoms with E-state index >= 15 is 0 Å². The largest absolute Gasteiger partial charge is 0.506 e. The van der Waals surface area contributed by atoms with E-state index in [2.05, 4.69) is 29.6 Å². The molecule has 0 atom stereocenters. The fraction of sp³-hybridized carbons (Fsp3) is 0.615. The fourth-order valence-corrected chi connectivity index (χ4v) is 9.11. The van der Waals surface area contributed by atoms with E-state index < -0.39 is 46.1 Å². The third kappa shape index (κ3) is 11.1. The zero-order chi connectivity index (χ0) is 26.4. The summed E-state index contributed by atoms with van der Waals surface area (Å²) in [5.74, 6) is 13.0. The van der Waals surface area contributed by atoms with Gasteiger partial charge in [-0.15, -0.1) is 32.1 Å². The molecule has 0 N–H and O–H groups in total. The standard InChI is InChI=1S/C26H37O5Si2/c1-16-22(6,7)27-32(28-23(8,9)17-2)21-33(29-24(10,11)18-3,30-25(12,13)19-4)31-26(14,15)20-5/h1-5H,21H2,6-15H3. The third-order valence-electron chi connectivity index (χ3n) is 4.07. The second-order valence-corrected chi connectivity index (χ2v) is 14.6. The van der Waals surface area contributed by atoms with Crippen LogP contribution in [-0.4, -0.2) is 46.1 Å². The Balaban J connectivity index is 6.82. The number of terminal acetylenes is 5. The molecule has 1 radical (unpaired) electrons. The van der Waals surface area contributed by atoms with Gasteiger partial charge in [-0.3, -0.25) is 0 Å². The molecular formula is C26H37O5Si2. The molecule has 0 unspecified atom stereocenters. The van der Waals surface area contributed by atoms with E-state index in [0.717, 1.165) is 0 Å². The van der Waals surface area contributed by atoms with Crippen molar-refractivity contribution in [2.45, 2.75) is 103 Å². The van der Waals surface area contributed by atoms with Crippen molar-refractivity contribution in [2.75, 3.05) is 0 Å².